The summed E-state index contributed by atoms with van der Waals surface area (Å²) in [5.74, 6) is -0.561. The Morgan fingerprint density at radius 3 is 2.51 bits per heavy atom. The molecule has 0 saturated carbocycles. The summed E-state index contributed by atoms with van der Waals surface area (Å²) in [4.78, 5) is 30.0. The molecule has 0 aliphatic carbocycles. The number of rotatable bonds is 7. The van der Waals surface area contributed by atoms with Crippen LogP contribution in [-0.4, -0.2) is 35.8 Å². The number of hydrogen-bond acceptors (Lipinski definition) is 7. The fraction of sp³-hybridized carbons (Fsp3) is 0.115. The Bertz CT molecular complexity index is 1780. The van der Waals surface area contributed by atoms with Gasteiger partial charge in [-0.15, -0.1) is 11.3 Å². The standard InChI is InChI=1S/C26H22N4O5S2/c1-2-35-25(32)22-15-36-26(28-22)30-24(31)21(13-16-7-11-20(12-8-16)37(27,33)34)23(29-30)19-10-9-17-5-3-4-6-18(17)14-19/h3-12,14-15,29H,2,13H2,1H3,(H2,27,33,34). The van der Waals surface area contributed by atoms with Gasteiger partial charge >= 0.3 is 5.97 Å². The molecule has 3 N–H and O–H groups in total. The third kappa shape index (κ3) is 4.96. The number of sulfonamides is 1. The predicted octanol–water partition coefficient (Wildman–Crippen LogP) is 3.86. The Balaban J connectivity index is 1.62. The molecule has 3 aromatic carbocycles. The average Bonchev–Trinajstić information content (AvgIpc) is 3.49. The van der Waals surface area contributed by atoms with Gasteiger partial charge in [0, 0.05) is 22.9 Å². The molecule has 9 nitrogen and oxygen atoms in total. The molecule has 0 radical (unpaired) electrons. The average molecular weight is 535 g/mol. The summed E-state index contributed by atoms with van der Waals surface area (Å²) in [6.07, 6.45) is 0.228. The number of primary sulfonamides is 1. The van der Waals surface area contributed by atoms with Crippen molar-refractivity contribution < 1.29 is 17.9 Å². The lowest BCUT2D eigenvalue weighted by Gasteiger charge is -2.06. The lowest BCUT2D eigenvalue weighted by molar-refractivity contribution is 0.0520. The normalized spacial score (nSPS) is 11.6. The summed E-state index contributed by atoms with van der Waals surface area (Å²) < 4.78 is 29.6. The van der Waals surface area contributed by atoms with Gasteiger partial charge in [-0.05, 0) is 41.5 Å². The molecule has 2 heterocycles. The van der Waals surface area contributed by atoms with E-state index >= 15 is 0 Å². The number of esters is 1. The molecule has 2 aromatic heterocycles. The number of H-pyrrole nitrogens is 1. The van der Waals surface area contributed by atoms with Crippen molar-refractivity contribution >= 4 is 38.1 Å². The largest absolute Gasteiger partial charge is 0.461 e. The molecule has 5 rings (SSSR count). The summed E-state index contributed by atoms with van der Waals surface area (Å²) in [5, 5.41) is 12.3. The highest BCUT2D eigenvalue weighted by Gasteiger charge is 2.21. The summed E-state index contributed by atoms with van der Waals surface area (Å²) in [6.45, 7) is 1.92. The molecular weight excluding hydrogens is 512 g/mol. The van der Waals surface area contributed by atoms with Gasteiger partial charge in [0.1, 0.15) is 0 Å². The fourth-order valence-electron chi connectivity index (χ4n) is 4.02. The van der Waals surface area contributed by atoms with Gasteiger partial charge in [-0.25, -0.2) is 23.3 Å². The van der Waals surface area contributed by atoms with Crippen LogP contribution in [-0.2, 0) is 21.2 Å². The number of thiazole rings is 1. The van der Waals surface area contributed by atoms with Crippen LogP contribution in [0, 0.1) is 0 Å². The summed E-state index contributed by atoms with van der Waals surface area (Å²) >= 11 is 1.14. The minimum absolute atomic E-state index is 0.00763. The molecule has 37 heavy (non-hydrogen) atoms. The lowest BCUT2D eigenvalue weighted by atomic mass is 9.99. The van der Waals surface area contributed by atoms with E-state index in [0.717, 1.165) is 33.2 Å². The number of carbonyl (C=O) groups is 1. The van der Waals surface area contributed by atoms with E-state index in [1.807, 2.05) is 42.5 Å². The van der Waals surface area contributed by atoms with Crippen molar-refractivity contribution in [3.8, 4) is 16.4 Å². The molecule has 0 amide bonds. The minimum atomic E-state index is -3.83. The van der Waals surface area contributed by atoms with Crippen molar-refractivity contribution in [1.29, 1.82) is 0 Å². The molecule has 0 spiro atoms. The number of hydrogen-bond donors (Lipinski definition) is 2. The van der Waals surface area contributed by atoms with Crippen LogP contribution in [0.5, 0.6) is 0 Å². The summed E-state index contributed by atoms with van der Waals surface area (Å²) in [7, 11) is -3.83. The van der Waals surface area contributed by atoms with Gasteiger partial charge in [0.15, 0.2) is 5.69 Å². The van der Waals surface area contributed by atoms with Crippen LogP contribution < -0.4 is 10.7 Å². The number of fused-ring (bicyclic) bond motifs is 1. The molecule has 0 saturated heterocycles. The second-order valence-corrected chi connectivity index (χ2v) is 10.7. The van der Waals surface area contributed by atoms with Gasteiger partial charge in [-0.2, -0.15) is 4.68 Å². The zero-order valence-corrected chi connectivity index (χ0v) is 21.3. The van der Waals surface area contributed by atoms with Gasteiger partial charge in [0.25, 0.3) is 5.56 Å². The topological polar surface area (TPSA) is 137 Å². The van der Waals surface area contributed by atoms with E-state index in [1.54, 1.807) is 24.4 Å². The van der Waals surface area contributed by atoms with E-state index in [-0.39, 0.29) is 29.2 Å². The molecule has 0 aliphatic rings. The number of carbonyl (C=O) groups excluding carboxylic acids is 1. The fourth-order valence-corrected chi connectivity index (χ4v) is 5.29. The first kappa shape index (κ1) is 24.6. The van der Waals surface area contributed by atoms with Crippen LogP contribution in [0.3, 0.4) is 0 Å². The summed E-state index contributed by atoms with van der Waals surface area (Å²) in [6, 6.07) is 19.9. The van der Waals surface area contributed by atoms with Crippen molar-refractivity contribution in [2.24, 2.45) is 5.14 Å². The minimum Gasteiger partial charge on any atom is -0.461 e. The van der Waals surface area contributed by atoms with E-state index in [4.69, 9.17) is 9.88 Å². The molecule has 0 aliphatic heterocycles. The number of nitrogens with zero attached hydrogens (tertiary/aromatic N) is 2. The Morgan fingerprint density at radius 2 is 1.81 bits per heavy atom. The van der Waals surface area contributed by atoms with Crippen molar-refractivity contribution in [2.45, 2.75) is 18.2 Å². The maximum atomic E-state index is 13.6. The molecule has 0 unspecified atom stereocenters. The molecule has 0 atom stereocenters. The molecular formula is C26H22N4O5S2. The van der Waals surface area contributed by atoms with Crippen molar-refractivity contribution in [3.63, 3.8) is 0 Å². The first-order valence-electron chi connectivity index (χ1n) is 11.3. The molecule has 188 valence electrons. The number of aromatic nitrogens is 3. The maximum absolute atomic E-state index is 13.6. The number of nitrogens with one attached hydrogen (secondary N) is 1. The van der Waals surface area contributed by atoms with Crippen LogP contribution in [0.2, 0.25) is 0 Å². The van der Waals surface area contributed by atoms with Gasteiger partial charge in [-0.3, -0.25) is 9.89 Å². The lowest BCUT2D eigenvalue weighted by Crippen LogP contribution is -2.18. The number of ether oxygens (including phenoxy) is 1. The van der Waals surface area contributed by atoms with Crippen molar-refractivity contribution in [3.05, 3.63) is 99.3 Å². The van der Waals surface area contributed by atoms with Gasteiger partial charge in [0.05, 0.1) is 17.2 Å². The number of benzene rings is 3. The second-order valence-electron chi connectivity index (χ2n) is 8.27. The van der Waals surface area contributed by atoms with Gasteiger partial charge < -0.3 is 4.74 Å². The van der Waals surface area contributed by atoms with Crippen molar-refractivity contribution in [1.82, 2.24) is 14.8 Å². The van der Waals surface area contributed by atoms with Crippen LogP contribution in [0.1, 0.15) is 28.5 Å². The monoisotopic (exact) mass is 534 g/mol. The number of nitrogens with two attached hydrogens (primary N) is 1. The molecule has 5 aromatic rings. The Morgan fingerprint density at radius 1 is 1.08 bits per heavy atom. The zero-order chi connectivity index (χ0) is 26.2. The molecule has 0 bridgehead atoms. The van der Waals surface area contributed by atoms with Crippen molar-refractivity contribution in [2.75, 3.05) is 6.61 Å². The SMILES string of the molecule is CCOC(=O)c1csc(-n2[nH]c(-c3ccc4ccccc4c3)c(Cc3ccc(S(N)(=O)=O)cc3)c2=O)n1. The van der Waals surface area contributed by atoms with Gasteiger partial charge in [0.2, 0.25) is 15.2 Å². The van der Waals surface area contributed by atoms with E-state index in [1.165, 1.54) is 16.8 Å². The summed E-state index contributed by atoms with van der Waals surface area (Å²) in [5.41, 5.74) is 2.38. The van der Waals surface area contributed by atoms with E-state index in [9.17, 15) is 18.0 Å². The van der Waals surface area contributed by atoms with E-state index in [2.05, 4.69) is 10.1 Å². The third-order valence-electron chi connectivity index (χ3n) is 5.83. The van der Waals surface area contributed by atoms with Crippen LogP contribution in [0.25, 0.3) is 27.2 Å². The van der Waals surface area contributed by atoms with E-state index in [0.29, 0.717) is 16.4 Å². The quantitative estimate of drug-likeness (QED) is 0.304. The number of aromatic amines is 1. The van der Waals surface area contributed by atoms with Crippen LogP contribution in [0.4, 0.5) is 0 Å². The highest BCUT2D eigenvalue weighted by Crippen LogP contribution is 2.27. The van der Waals surface area contributed by atoms with Crippen LogP contribution >= 0.6 is 11.3 Å². The first-order valence-corrected chi connectivity index (χ1v) is 13.7. The molecule has 11 heteroatoms. The molecule has 0 fully saturated rings. The second kappa shape index (κ2) is 9.77. The first-order chi connectivity index (χ1) is 17.7. The maximum Gasteiger partial charge on any atom is 0.357 e. The Kier molecular flexibility index (Phi) is 6.50. The third-order valence-corrected chi connectivity index (χ3v) is 7.58. The van der Waals surface area contributed by atoms with Gasteiger partial charge in [-0.1, -0.05) is 48.5 Å². The Hall–Kier alpha value is -4.06. The highest BCUT2D eigenvalue weighted by molar-refractivity contribution is 7.89. The Labute approximate surface area is 216 Å². The van der Waals surface area contributed by atoms with Crippen LogP contribution in [0.15, 0.2) is 81.8 Å². The van der Waals surface area contributed by atoms with E-state index < -0.39 is 16.0 Å². The smallest absolute Gasteiger partial charge is 0.357 e. The zero-order valence-electron chi connectivity index (χ0n) is 19.7. The predicted molar refractivity (Wildman–Crippen MR) is 142 cm³/mol. The highest BCUT2D eigenvalue weighted by atomic mass is 32.2.